The van der Waals surface area contributed by atoms with Gasteiger partial charge in [0.05, 0.1) is 12.5 Å². The maximum atomic E-state index is 13.6. The number of amides is 1. The third-order valence-electron chi connectivity index (χ3n) is 7.25. The number of rotatable bonds is 11. The van der Waals surface area contributed by atoms with Crippen LogP contribution in [-0.4, -0.2) is 36.0 Å². The number of nitrogens with zero attached hydrogens (tertiary/aromatic N) is 1. The largest absolute Gasteiger partial charge is 0.494 e. The van der Waals surface area contributed by atoms with Crippen LogP contribution in [0.25, 0.3) is 0 Å². The van der Waals surface area contributed by atoms with Crippen molar-refractivity contribution >= 4 is 11.9 Å². The topological polar surface area (TPSA) is 55.8 Å². The zero-order valence-electron chi connectivity index (χ0n) is 22.6. The summed E-state index contributed by atoms with van der Waals surface area (Å²) in [5.74, 6) is 0.105. The average molecular weight is 514 g/mol. The van der Waals surface area contributed by atoms with E-state index in [0.29, 0.717) is 26.0 Å². The lowest BCUT2D eigenvalue weighted by Gasteiger charge is -2.36. The van der Waals surface area contributed by atoms with E-state index in [1.807, 2.05) is 79.7 Å². The fourth-order valence-electron chi connectivity index (χ4n) is 5.03. The van der Waals surface area contributed by atoms with Gasteiger partial charge in [0.25, 0.3) is 0 Å². The van der Waals surface area contributed by atoms with Gasteiger partial charge in [-0.1, -0.05) is 79.7 Å². The lowest BCUT2D eigenvalue weighted by molar-refractivity contribution is -0.162. The first-order valence-electron chi connectivity index (χ1n) is 13.9. The minimum Gasteiger partial charge on any atom is -0.494 e. The molecule has 3 aromatic carbocycles. The number of ether oxygens (including phenoxy) is 2. The van der Waals surface area contributed by atoms with Gasteiger partial charge in [-0.15, -0.1) is 0 Å². The van der Waals surface area contributed by atoms with Crippen molar-refractivity contribution in [3.63, 3.8) is 0 Å². The van der Waals surface area contributed by atoms with Crippen LogP contribution < -0.4 is 4.74 Å². The van der Waals surface area contributed by atoms with E-state index in [0.717, 1.165) is 42.6 Å². The van der Waals surface area contributed by atoms with Crippen LogP contribution in [0, 0.1) is 0 Å². The second-order valence-electron chi connectivity index (χ2n) is 10.0. The smallest absolute Gasteiger partial charge is 0.329 e. The summed E-state index contributed by atoms with van der Waals surface area (Å²) in [6.07, 6.45) is 4.49. The normalized spacial score (nSPS) is 16.9. The van der Waals surface area contributed by atoms with E-state index >= 15 is 0 Å². The van der Waals surface area contributed by atoms with Crippen molar-refractivity contribution in [1.82, 2.24) is 4.90 Å². The molecule has 3 atom stereocenters. The van der Waals surface area contributed by atoms with E-state index in [1.165, 1.54) is 5.56 Å². The van der Waals surface area contributed by atoms with E-state index < -0.39 is 6.04 Å². The summed E-state index contributed by atoms with van der Waals surface area (Å²) in [5, 5.41) is 0. The first-order valence-corrected chi connectivity index (χ1v) is 13.9. The monoisotopic (exact) mass is 513 g/mol. The highest BCUT2D eigenvalue weighted by Crippen LogP contribution is 2.29. The molecule has 1 aliphatic rings. The summed E-state index contributed by atoms with van der Waals surface area (Å²) in [5.41, 5.74) is 3.10. The molecule has 0 bridgehead atoms. The Morgan fingerprint density at radius 3 is 2.26 bits per heavy atom. The van der Waals surface area contributed by atoms with Crippen LogP contribution in [0.3, 0.4) is 0 Å². The third-order valence-corrected chi connectivity index (χ3v) is 7.25. The molecule has 5 heteroatoms. The highest BCUT2D eigenvalue weighted by atomic mass is 16.5. The average Bonchev–Trinajstić information content (AvgIpc) is 2.98. The Labute approximate surface area is 226 Å². The van der Waals surface area contributed by atoms with Gasteiger partial charge in [-0.25, -0.2) is 4.79 Å². The van der Waals surface area contributed by atoms with Gasteiger partial charge >= 0.3 is 5.97 Å². The molecule has 0 radical (unpaired) electrons. The van der Waals surface area contributed by atoms with Crippen molar-refractivity contribution in [2.45, 2.75) is 70.4 Å². The lowest BCUT2D eigenvalue weighted by Crippen LogP contribution is -2.50. The number of hydrogen-bond donors (Lipinski definition) is 0. The van der Waals surface area contributed by atoms with E-state index in [-0.39, 0.29) is 23.9 Å². The first kappa shape index (κ1) is 27.4. The van der Waals surface area contributed by atoms with Crippen LogP contribution in [-0.2, 0) is 20.7 Å². The number of hydrogen-bond acceptors (Lipinski definition) is 4. The zero-order chi connectivity index (χ0) is 26.7. The fraction of sp³-hybridized carbons (Fsp3) is 0.394. The van der Waals surface area contributed by atoms with Crippen LogP contribution in [0.5, 0.6) is 5.75 Å². The number of esters is 1. The molecule has 1 heterocycles. The molecule has 0 spiro atoms. The first-order chi connectivity index (χ1) is 18.6. The lowest BCUT2D eigenvalue weighted by atomic mass is 9.95. The number of piperidine rings is 1. The molecule has 1 fully saturated rings. The Kier molecular flexibility index (Phi) is 9.97. The molecule has 4 rings (SSSR count). The van der Waals surface area contributed by atoms with Crippen molar-refractivity contribution < 1.29 is 19.1 Å². The van der Waals surface area contributed by atoms with Crippen LogP contribution in [0.15, 0.2) is 84.9 Å². The summed E-state index contributed by atoms with van der Waals surface area (Å²) in [6.45, 7) is 5.22. The van der Waals surface area contributed by atoms with E-state index in [9.17, 15) is 9.59 Å². The highest BCUT2D eigenvalue weighted by Gasteiger charge is 2.36. The van der Waals surface area contributed by atoms with Crippen molar-refractivity contribution in [3.05, 3.63) is 102 Å². The minimum absolute atomic E-state index is 0.0329. The van der Waals surface area contributed by atoms with Crippen molar-refractivity contribution in [2.75, 3.05) is 13.2 Å². The Balaban J connectivity index is 1.45. The summed E-state index contributed by atoms with van der Waals surface area (Å²) in [4.78, 5) is 29.0. The number of benzene rings is 3. The molecular formula is C33H39NO4. The highest BCUT2D eigenvalue weighted by molar-refractivity contribution is 5.88. The van der Waals surface area contributed by atoms with Crippen molar-refractivity contribution in [2.24, 2.45) is 0 Å². The van der Waals surface area contributed by atoms with Crippen molar-refractivity contribution in [1.29, 1.82) is 0 Å². The van der Waals surface area contributed by atoms with Gasteiger partial charge in [-0.3, -0.25) is 4.79 Å². The molecule has 0 N–H and O–H groups in total. The molecule has 38 heavy (non-hydrogen) atoms. The minimum atomic E-state index is -0.561. The quantitative estimate of drug-likeness (QED) is 0.262. The van der Waals surface area contributed by atoms with Gasteiger partial charge < -0.3 is 14.4 Å². The summed E-state index contributed by atoms with van der Waals surface area (Å²) < 4.78 is 11.8. The van der Waals surface area contributed by atoms with E-state index in [4.69, 9.17) is 9.47 Å². The summed E-state index contributed by atoms with van der Waals surface area (Å²) in [7, 11) is 0. The SMILES string of the molecule is CCCOc1ccc([C@H](C)C(=O)N2CCCCC2C(=O)O[C@H](CCc2ccccc2)c2ccccc2)cc1. The molecule has 0 saturated carbocycles. The summed E-state index contributed by atoms with van der Waals surface area (Å²) >= 11 is 0. The molecule has 5 nitrogen and oxygen atoms in total. The molecule has 0 aliphatic carbocycles. The van der Waals surface area contributed by atoms with Gasteiger partial charge in [-0.05, 0) is 74.3 Å². The predicted octanol–water partition coefficient (Wildman–Crippen LogP) is 6.88. The van der Waals surface area contributed by atoms with Gasteiger partial charge in [-0.2, -0.15) is 0 Å². The Morgan fingerprint density at radius 2 is 1.58 bits per heavy atom. The molecule has 1 aliphatic heterocycles. The standard InChI is InChI=1S/C33H39NO4/c1-3-24-37-29-20-18-27(19-21-29)25(2)32(35)34-23-11-10-16-30(34)33(36)38-31(28-14-8-5-9-15-28)22-17-26-12-6-4-7-13-26/h4-9,12-15,18-21,25,30-31H,3,10-11,16-17,22-24H2,1-2H3/t25-,30?,31+/m0/s1. The van der Waals surface area contributed by atoms with Crippen LogP contribution in [0.4, 0.5) is 0 Å². The second-order valence-corrected chi connectivity index (χ2v) is 10.0. The Hall–Kier alpha value is -3.60. The molecule has 1 unspecified atom stereocenters. The fourth-order valence-corrected chi connectivity index (χ4v) is 5.03. The Bertz CT molecular complexity index is 1150. The summed E-state index contributed by atoms with van der Waals surface area (Å²) in [6, 6.07) is 27.3. The van der Waals surface area contributed by atoms with E-state index in [1.54, 1.807) is 4.90 Å². The number of carbonyl (C=O) groups excluding carboxylic acids is 2. The molecule has 0 aromatic heterocycles. The van der Waals surface area contributed by atoms with Crippen LogP contribution >= 0.6 is 0 Å². The molecule has 3 aromatic rings. The number of likely N-dealkylation sites (tertiary alicyclic amines) is 1. The molecule has 1 saturated heterocycles. The van der Waals surface area contributed by atoms with Gasteiger partial charge in [0.1, 0.15) is 17.9 Å². The Morgan fingerprint density at radius 1 is 0.895 bits per heavy atom. The predicted molar refractivity (Wildman–Crippen MR) is 150 cm³/mol. The zero-order valence-corrected chi connectivity index (χ0v) is 22.6. The van der Waals surface area contributed by atoms with Crippen molar-refractivity contribution in [3.8, 4) is 5.75 Å². The second kappa shape index (κ2) is 13.8. The van der Waals surface area contributed by atoms with E-state index in [2.05, 4.69) is 19.1 Å². The van der Waals surface area contributed by atoms with Crippen LogP contribution in [0.2, 0.25) is 0 Å². The van der Waals surface area contributed by atoms with Gasteiger partial charge in [0.15, 0.2) is 0 Å². The molecule has 1 amide bonds. The number of carbonyl (C=O) groups is 2. The maximum absolute atomic E-state index is 13.6. The van der Waals surface area contributed by atoms with Crippen LogP contribution in [0.1, 0.15) is 74.7 Å². The number of aryl methyl sites for hydroxylation is 1. The molecular weight excluding hydrogens is 474 g/mol. The maximum Gasteiger partial charge on any atom is 0.329 e. The third kappa shape index (κ3) is 7.25. The van der Waals surface area contributed by atoms with Gasteiger partial charge in [0.2, 0.25) is 5.91 Å². The van der Waals surface area contributed by atoms with Gasteiger partial charge in [0, 0.05) is 6.54 Å². The molecule has 200 valence electrons.